The largest absolute Gasteiger partial charge is 0.378 e. The maximum atomic E-state index is 13.0. The van der Waals surface area contributed by atoms with E-state index in [4.69, 9.17) is 27.9 Å². The first-order valence-corrected chi connectivity index (χ1v) is 9.33. The molecule has 1 aliphatic heterocycles. The molecular formula is C19H19Cl3N4O2. The molecule has 4 rings (SSSR count). The molecule has 1 saturated heterocycles. The Balaban J connectivity index is 0.00000225. The Morgan fingerprint density at radius 1 is 1.21 bits per heavy atom. The van der Waals surface area contributed by atoms with Gasteiger partial charge in [-0.15, -0.1) is 12.4 Å². The van der Waals surface area contributed by atoms with E-state index in [9.17, 15) is 4.79 Å². The number of carbonyl (C=O) groups excluding carboxylic acids is 1. The van der Waals surface area contributed by atoms with Crippen LogP contribution in [0.4, 0.5) is 11.5 Å². The van der Waals surface area contributed by atoms with Crippen LogP contribution >= 0.6 is 35.6 Å². The third-order valence-corrected chi connectivity index (χ3v) is 5.17. The molecule has 1 fully saturated rings. The smallest absolute Gasteiger partial charge is 0.257 e. The molecule has 0 radical (unpaired) electrons. The molecule has 1 amide bonds. The van der Waals surface area contributed by atoms with Crippen LogP contribution in [0.3, 0.4) is 0 Å². The highest BCUT2D eigenvalue weighted by molar-refractivity contribution is 6.36. The molecule has 2 aromatic heterocycles. The Bertz CT molecular complexity index is 1020. The van der Waals surface area contributed by atoms with Gasteiger partial charge in [0.25, 0.3) is 5.91 Å². The summed E-state index contributed by atoms with van der Waals surface area (Å²) in [5.74, 6) is 0.599. The van der Waals surface area contributed by atoms with Gasteiger partial charge >= 0.3 is 0 Å². The number of fused-ring (bicyclic) bond motifs is 1. The van der Waals surface area contributed by atoms with E-state index in [1.54, 1.807) is 29.3 Å². The summed E-state index contributed by atoms with van der Waals surface area (Å²) in [4.78, 5) is 19.3. The SMILES string of the molecule is Cl.Cn1ccc2c(Nc3ccc(Cl)cc3Cl)ncc(C(=O)N3CCOCC3)c21. The molecule has 9 heteroatoms. The maximum Gasteiger partial charge on any atom is 0.257 e. The highest BCUT2D eigenvalue weighted by atomic mass is 35.5. The van der Waals surface area contributed by atoms with Gasteiger partial charge in [-0.1, -0.05) is 23.2 Å². The molecule has 3 heterocycles. The van der Waals surface area contributed by atoms with Crippen LogP contribution in [0.25, 0.3) is 10.9 Å². The summed E-state index contributed by atoms with van der Waals surface area (Å²) in [5.41, 5.74) is 2.10. The molecule has 148 valence electrons. The Kier molecular flexibility index (Phi) is 6.35. The van der Waals surface area contributed by atoms with Gasteiger partial charge in [0.2, 0.25) is 0 Å². The lowest BCUT2D eigenvalue weighted by atomic mass is 10.1. The summed E-state index contributed by atoms with van der Waals surface area (Å²) in [6.07, 6.45) is 3.53. The van der Waals surface area contributed by atoms with Crippen molar-refractivity contribution in [3.8, 4) is 0 Å². The quantitative estimate of drug-likeness (QED) is 0.649. The highest BCUT2D eigenvalue weighted by Crippen LogP contribution is 2.32. The van der Waals surface area contributed by atoms with E-state index in [1.165, 1.54) is 0 Å². The number of carbonyl (C=O) groups is 1. The molecule has 28 heavy (non-hydrogen) atoms. The lowest BCUT2D eigenvalue weighted by molar-refractivity contribution is 0.0303. The molecule has 0 unspecified atom stereocenters. The molecule has 0 atom stereocenters. The molecule has 6 nitrogen and oxygen atoms in total. The summed E-state index contributed by atoms with van der Waals surface area (Å²) in [7, 11) is 1.91. The number of halogens is 3. The third-order valence-electron chi connectivity index (χ3n) is 4.62. The van der Waals surface area contributed by atoms with Crippen LogP contribution < -0.4 is 5.32 Å². The first-order valence-electron chi connectivity index (χ1n) is 8.58. The van der Waals surface area contributed by atoms with Crippen LogP contribution in [0.2, 0.25) is 10.0 Å². The minimum atomic E-state index is -0.0336. The highest BCUT2D eigenvalue weighted by Gasteiger charge is 2.23. The first-order chi connectivity index (χ1) is 13.0. The summed E-state index contributed by atoms with van der Waals surface area (Å²) >= 11 is 12.2. The molecule has 3 aromatic rings. The van der Waals surface area contributed by atoms with E-state index in [2.05, 4.69) is 10.3 Å². The number of rotatable bonds is 3. The van der Waals surface area contributed by atoms with E-state index in [0.717, 1.165) is 10.9 Å². The molecule has 0 aliphatic carbocycles. The van der Waals surface area contributed by atoms with Crippen LogP contribution in [0.15, 0.2) is 36.7 Å². The van der Waals surface area contributed by atoms with E-state index in [0.29, 0.717) is 53.4 Å². The van der Waals surface area contributed by atoms with Crippen LogP contribution in [0, 0.1) is 0 Å². The lowest BCUT2D eigenvalue weighted by Crippen LogP contribution is -2.40. The van der Waals surface area contributed by atoms with E-state index >= 15 is 0 Å². The number of amides is 1. The summed E-state index contributed by atoms with van der Waals surface area (Å²) in [6, 6.07) is 7.16. The number of nitrogens with one attached hydrogen (secondary N) is 1. The lowest BCUT2D eigenvalue weighted by Gasteiger charge is -2.27. The average molecular weight is 442 g/mol. The second-order valence-corrected chi connectivity index (χ2v) is 7.21. The third kappa shape index (κ3) is 3.91. The predicted octanol–water partition coefficient (Wildman–Crippen LogP) is 4.52. The second-order valence-electron chi connectivity index (χ2n) is 6.36. The van der Waals surface area contributed by atoms with Crippen molar-refractivity contribution in [2.45, 2.75) is 0 Å². The normalized spacial score (nSPS) is 14.0. The molecule has 0 spiro atoms. The minimum absolute atomic E-state index is 0. The monoisotopic (exact) mass is 440 g/mol. The fraction of sp³-hybridized carbons (Fsp3) is 0.263. The summed E-state index contributed by atoms with van der Waals surface area (Å²) in [5, 5.41) is 5.16. The fourth-order valence-corrected chi connectivity index (χ4v) is 3.68. The van der Waals surface area contributed by atoms with Crippen LogP contribution in [-0.2, 0) is 11.8 Å². The van der Waals surface area contributed by atoms with Crippen molar-refractivity contribution < 1.29 is 9.53 Å². The van der Waals surface area contributed by atoms with Gasteiger partial charge in [0.15, 0.2) is 0 Å². The zero-order chi connectivity index (χ0) is 19.0. The van der Waals surface area contributed by atoms with Crippen molar-refractivity contribution in [2.24, 2.45) is 7.05 Å². The van der Waals surface area contributed by atoms with Crippen LogP contribution in [0.5, 0.6) is 0 Å². The van der Waals surface area contributed by atoms with Crippen LogP contribution in [-0.4, -0.2) is 46.7 Å². The van der Waals surface area contributed by atoms with Gasteiger partial charge in [-0.25, -0.2) is 4.98 Å². The number of benzene rings is 1. The average Bonchev–Trinajstić information content (AvgIpc) is 3.07. The fourth-order valence-electron chi connectivity index (χ4n) is 3.23. The molecule has 0 bridgehead atoms. The van der Waals surface area contributed by atoms with E-state index in [-0.39, 0.29) is 18.3 Å². The van der Waals surface area contributed by atoms with Gasteiger partial charge in [-0.05, 0) is 24.3 Å². The number of aromatic nitrogens is 2. The standard InChI is InChI=1S/C19H18Cl2N4O2.ClH/c1-24-5-4-13-17(24)14(19(26)25-6-8-27-9-7-25)11-22-18(13)23-16-3-2-12(20)10-15(16)21;/h2-5,10-11H,6-9H2,1H3,(H,22,23);1H. The number of ether oxygens (including phenoxy) is 1. The molecule has 1 N–H and O–H groups in total. The first kappa shape index (κ1) is 20.7. The Hall–Kier alpha value is -1.99. The molecule has 0 saturated carbocycles. The number of hydrogen-bond acceptors (Lipinski definition) is 4. The summed E-state index contributed by atoms with van der Waals surface area (Å²) < 4.78 is 7.27. The number of nitrogens with zero attached hydrogens (tertiary/aromatic N) is 3. The van der Waals surface area contributed by atoms with Crippen molar-refractivity contribution in [1.29, 1.82) is 0 Å². The maximum absolute atomic E-state index is 13.0. The number of aryl methyl sites for hydroxylation is 1. The van der Waals surface area contributed by atoms with Gasteiger partial charge < -0.3 is 19.5 Å². The van der Waals surface area contributed by atoms with Crippen molar-refractivity contribution >= 4 is 63.9 Å². The van der Waals surface area contributed by atoms with Crippen molar-refractivity contribution in [3.05, 3.63) is 52.3 Å². The minimum Gasteiger partial charge on any atom is -0.378 e. The van der Waals surface area contributed by atoms with Gasteiger partial charge in [0.1, 0.15) is 5.82 Å². The number of anilines is 2. The topological polar surface area (TPSA) is 59.4 Å². The van der Waals surface area contributed by atoms with Crippen molar-refractivity contribution in [3.63, 3.8) is 0 Å². The molecular weight excluding hydrogens is 423 g/mol. The van der Waals surface area contributed by atoms with Gasteiger partial charge in [-0.2, -0.15) is 0 Å². The van der Waals surface area contributed by atoms with Gasteiger partial charge in [0, 0.05) is 42.9 Å². The van der Waals surface area contributed by atoms with Crippen molar-refractivity contribution in [1.82, 2.24) is 14.5 Å². The van der Waals surface area contributed by atoms with E-state index < -0.39 is 0 Å². The Morgan fingerprint density at radius 3 is 2.68 bits per heavy atom. The van der Waals surface area contributed by atoms with Crippen molar-refractivity contribution in [2.75, 3.05) is 31.6 Å². The number of morpholine rings is 1. The zero-order valence-corrected chi connectivity index (χ0v) is 17.4. The Morgan fingerprint density at radius 2 is 1.96 bits per heavy atom. The predicted molar refractivity (Wildman–Crippen MR) is 114 cm³/mol. The van der Waals surface area contributed by atoms with Gasteiger partial charge in [0.05, 0.1) is 35.0 Å². The molecule has 1 aromatic carbocycles. The van der Waals surface area contributed by atoms with Gasteiger partial charge in [-0.3, -0.25) is 4.79 Å². The number of pyridine rings is 1. The zero-order valence-electron chi connectivity index (χ0n) is 15.1. The summed E-state index contributed by atoms with van der Waals surface area (Å²) in [6.45, 7) is 2.30. The second kappa shape index (κ2) is 8.57. The number of hydrogen-bond donors (Lipinski definition) is 1. The molecule has 1 aliphatic rings. The Labute approximate surface area is 178 Å². The van der Waals surface area contributed by atoms with E-state index in [1.807, 2.05) is 23.9 Å². The van der Waals surface area contributed by atoms with Crippen LogP contribution in [0.1, 0.15) is 10.4 Å².